The number of nitrogens with zero attached hydrogens (tertiary/aromatic N) is 1. The van der Waals surface area contributed by atoms with E-state index in [2.05, 4.69) is 15.8 Å². The number of carbonyl (C=O) groups is 2. The van der Waals surface area contributed by atoms with Gasteiger partial charge in [-0.2, -0.15) is 5.10 Å². The number of hydrogen-bond acceptors (Lipinski definition) is 3. The first-order valence-electron chi connectivity index (χ1n) is 6.81. The summed E-state index contributed by atoms with van der Waals surface area (Å²) in [5.41, 5.74) is 4.72. The summed E-state index contributed by atoms with van der Waals surface area (Å²) >= 11 is 5.98. The van der Waals surface area contributed by atoms with E-state index in [-0.39, 0.29) is 24.7 Å². The molecule has 2 amide bonds. The van der Waals surface area contributed by atoms with Gasteiger partial charge in [0.25, 0.3) is 0 Å². The van der Waals surface area contributed by atoms with Crippen molar-refractivity contribution in [1.82, 2.24) is 5.43 Å². The molecule has 1 aromatic rings. The summed E-state index contributed by atoms with van der Waals surface area (Å²) in [6, 6.07) is 5.29. The van der Waals surface area contributed by atoms with Crippen LogP contribution in [0.5, 0.6) is 0 Å². The highest BCUT2D eigenvalue weighted by Crippen LogP contribution is 2.22. The Morgan fingerprint density at radius 3 is 2.57 bits per heavy atom. The highest BCUT2D eigenvalue weighted by atomic mass is 35.5. The fraction of sp³-hybridized carbons (Fsp3) is 0.400. The lowest BCUT2D eigenvalue weighted by molar-refractivity contribution is -0.124. The van der Waals surface area contributed by atoms with Gasteiger partial charge in [-0.05, 0) is 38.0 Å². The minimum absolute atomic E-state index is 0.0892. The zero-order chi connectivity index (χ0) is 15.8. The van der Waals surface area contributed by atoms with Gasteiger partial charge in [0.05, 0.1) is 0 Å². The Kier molecular flexibility index (Phi) is 6.88. The van der Waals surface area contributed by atoms with Crippen molar-refractivity contribution in [2.75, 3.05) is 5.32 Å². The minimum Gasteiger partial charge on any atom is -0.326 e. The van der Waals surface area contributed by atoms with Crippen LogP contribution < -0.4 is 10.7 Å². The van der Waals surface area contributed by atoms with Crippen LogP contribution in [0.3, 0.4) is 0 Å². The summed E-state index contributed by atoms with van der Waals surface area (Å²) in [4.78, 5) is 23.3. The quantitative estimate of drug-likeness (QED) is 0.625. The van der Waals surface area contributed by atoms with Crippen molar-refractivity contribution in [3.05, 3.63) is 28.8 Å². The van der Waals surface area contributed by atoms with Crippen molar-refractivity contribution >= 4 is 34.8 Å². The Morgan fingerprint density at radius 2 is 1.90 bits per heavy atom. The maximum atomic E-state index is 11.8. The van der Waals surface area contributed by atoms with Crippen molar-refractivity contribution in [2.45, 2.75) is 40.0 Å². The number of nitrogens with one attached hydrogen (secondary N) is 2. The molecular weight excluding hydrogens is 290 g/mol. The molecule has 0 saturated carbocycles. The average molecular weight is 310 g/mol. The normalized spacial score (nSPS) is 11.1. The molecule has 0 aliphatic heterocycles. The van der Waals surface area contributed by atoms with E-state index in [9.17, 15) is 9.59 Å². The molecule has 0 spiro atoms. The monoisotopic (exact) mass is 309 g/mol. The summed E-state index contributed by atoms with van der Waals surface area (Å²) in [7, 11) is 0. The van der Waals surface area contributed by atoms with Crippen LogP contribution in [0.15, 0.2) is 23.3 Å². The number of amides is 2. The molecule has 0 heterocycles. The van der Waals surface area contributed by atoms with E-state index in [0.717, 1.165) is 17.7 Å². The van der Waals surface area contributed by atoms with Gasteiger partial charge < -0.3 is 5.32 Å². The standard InChI is InChI=1S/C15H20ClN3O2/c1-4-10(2)18-19-15(21)9-8-14(20)17-13-7-5-6-12(16)11(13)3/h5-7H,4,8-9H2,1-3H3,(H,17,20)(H,19,21)/b18-10+. The van der Waals surface area contributed by atoms with Crippen molar-refractivity contribution in [2.24, 2.45) is 5.10 Å². The number of benzene rings is 1. The van der Waals surface area contributed by atoms with Gasteiger partial charge in [0.1, 0.15) is 0 Å². The molecule has 0 saturated heterocycles. The fourth-order valence-corrected chi connectivity index (χ4v) is 1.65. The zero-order valence-corrected chi connectivity index (χ0v) is 13.3. The lowest BCUT2D eigenvalue weighted by Gasteiger charge is -2.09. The molecule has 2 N–H and O–H groups in total. The van der Waals surface area contributed by atoms with Crippen LogP contribution in [0.25, 0.3) is 0 Å². The molecule has 21 heavy (non-hydrogen) atoms. The Hall–Kier alpha value is -1.88. The van der Waals surface area contributed by atoms with Gasteiger partial charge in [-0.3, -0.25) is 9.59 Å². The smallest absolute Gasteiger partial charge is 0.240 e. The second-order valence-electron chi connectivity index (χ2n) is 4.70. The van der Waals surface area contributed by atoms with E-state index in [1.165, 1.54) is 0 Å². The van der Waals surface area contributed by atoms with Gasteiger partial charge in [-0.15, -0.1) is 0 Å². The SMILES string of the molecule is CC/C(C)=N/NC(=O)CCC(=O)Nc1cccc(Cl)c1C. The Morgan fingerprint density at radius 1 is 1.24 bits per heavy atom. The second kappa shape index (κ2) is 8.42. The number of hydrazone groups is 1. The molecular formula is C15H20ClN3O2. The van der Waals surface area contributed by atoms with Crippen molar-refractivity contribution in [3.63, 3.8) is 0 Å². The zero-order valence-electron chi connectivity index (χ0n) is 12.5. The van der Waals surface area contributed by atoms with E-state index in [1.54, 1.807) is 18.2 Å². The summed E-state index contributed by atoms with van der Waals surface area (Å²) in [6.45, 7) is 5.60. The van der Waals surface area contributed by atoms with Crippen molar-refractivity contribution < 1.29 is 9.59 Å². The predicted molar refractivity (Wildman–Crippen MR) is 85.6 cm³/mol. The molecule has 0 aliphatic rings. The highest BCUT2D eigenvalue weighted by Gasteiger charge is 2.09. The van der Waals surface area contributed by atoms with Crippen molar-refractivity contribution in [3.8, 4) is 0 Å². The number of carbonyl (C=O) groups excluding carboxylic acids is 2. The van der Waals surface area contributed by atoms with Gasteiger partial charge in [0.15, 0.2) is 0 Å². The molecule has 5 nitrogen and oxygen atoms in total. The lowest BCUT2D eigenvalue weighted by atomic mass is 10.2. The number of halogens is 1. The van der Waals surface area contributed by atoms with Gasteiger partial charge in [0, 0.05) is 29.3 Å². The Bertz CT molecular complexity index is 556. The molecule has 0 fully saturated rings. The summed E-state index contributed by atoms with van der Waals surface area (Å²) in [6.07, 6.45) is 0.958. The highest BCUT2D eigenvalue weighted by molar-refractivity contribution is 6.31. The van der Waals surface area contributed by atoms with E-state index in [1.807, 2.05) is 20.8 Å². The summed E-state index contributed by atoms with van der Waals surface area (Å²) in [5.74, 6) is -0.507. The number of rotatable bonds is 6. The van der Waals surface area contributed by atoms with Crippen LogP contribution in [0, 0.1) is 6.92 Å². The van der Waals surface area contributed by atoms with Crippen LogP contribution in [0.4, 0.5) is 5.69 Å². The first-order chi connectivity index (χ1) is 9.93. The van der Waals surface area contributed by atoms with E-state index in [0.29, 0.717) is 10.7 Å². The third-order valence-corrected chi connectivity index (χ3v) is 3.41. The number of hydrogen-bond donors (Lipinski definition) is 2. The molecule has 0 bridgehead atoms. The van der Waals surface area contributed by atoms with E-state index < -0.39 is 0 Å². The van der Waals surface area contributed by atoms with Gasteiger partial charge in [0.2, 0.25) is 11.8 Å². The maximum absolute atomic E-state index is 11.8. The van der Waals surface area contributed by atoms with Gasteiger partial charge in [-0.25, -0.2) is 5.43 Å². The van der Waals surface area contributed by atoms with Gasteiger partial charge in [-0.1, -0.05) is 24.6 Å². The lowest BCUT2D eigenvalue weighted by Crippen LogP contribution is -2.21. The third kappa shape index (κ3) is 5.95. The van der Waals surface area contributed by atoms with Crippen LogP contribution in [-0.2, 0) is 9.59 Å². The van der Waals surface area contributed by atoms with Gasteiger partial charge >= 0.3 is 0 Å². The molecule has 114 valence electrons. The summed E-state index contributed by atoms with van der Waals surface area (Å²) < 4.78 is 0. The predicted octanol–water partition coefficient (Wildman–Crippen LogP) is 3.27. The summed E-state index contributed by atoms with van der Waals surface area (Å²) in [5, 5.41) is 7.23. The third-order valence-electron chi connectivity index (χ3n) is 3.00. The topological polar surface area (TPSA) is 70.6 Å². The van der Waals surface area contributed by atoms with E-state index in [4.69, 9.17) is 11.6 Å². The van der Waals surface area contributed by atoms with Crippen molar-refractivity contribution in [1.29, 1.82) is 0 Å². The minimum atomic E-state index is -0.277. The van der Waals surface area contributed by atoms with Crippen LogP contribution in [0.2, 0.25) is 5.02 Å². The molecule has 1 rings (SSSR count). The fourth-order valence-electron chi connectivity index (χ4n) is 1.48. The van der Waals surface area contributed by atoms with E-state index >= 15 is 0 Å². The molecule has 6 heteroatoms. The first kappa shape index (κ1) is 17.2. The molecule has 0 unspecified atom stereocenters. The molecule has 0 aliphatic carbocycles. The molecule has 0 atom stereocenters. The molecule has 0 radical (unpaired) electrons. The number of anilines is 1. The average Bonchev–Trinajstić information content (AvgIpc) is 2.47. The molecule has 1 aromatic carbocycles. The van der Waals surface area contributed by atoms with Crippen LogP contribution >= 0.6 is 11.6 Å². The van der Waals surface area contributed by atoms with Crippen LogP contribution in [-0.4, -0.2) is 17.5 Å². The second-order valence-corrected chi connectivity index (χ2v) is 5.10. The molecule has 0 aromatic heterocycles. The Balaban J connectivity index is 2.44. The first-order valence-corrected chi connectivity index (χ1v) is 7.18. The largest absolute Gasteiger partial charge is 0.326 e. The maximum Gasteiger partial charge on any atom is 0.240 e. The van der Waals surface area contributed by atoms with Crippen LogP contribution in [0.1, 0.15) is 38.7 Å². The Labute approximate surface area is 129 Å².